The van der Waals surface area contributed by atoms with Gasteiger partial charge in [-0.05, 0) is 63.2 Å². The van der Waals surface area contributed by atoms with E-state index in [0.717, 1.165) is 49.8 Å². The summed E-state index contributed by atoms with van der Waals surface area (Å²) >= 11 is 0. The third-order valence-electron chi connectivity index (χ3n) is 10.6. The third-order valence-corrected chi connectivity index (χ3v) is 10.6. The van der Waals surface area contributed by atoms with Crippen LogP contribution >= 0.6 is 0 Å². The summed E-state index contributed by atoms with van der Waals surface area (Å²) in [5.41, 5.74) is 14.3. The van der Waals surface area contributed by atoms with Crippen molar-refractivity contribution in [2.75, 3.05) is 0 Å². The van der Waals surface area contributed by atoms with Gasteiger partial charge in [-0.15, -0.1) is 0 Å². The molecular weight excluding hydrogens is 635 g/mol. The van der Waals surface area contributed by atoms with Gasteiger partial charge < -0.3 is 4.42 Å². The molecule has 9 aromatic rings. The van der Waals surface area contributed by atoms with E-state index in [9.17, 15) is 0 Å². The minimum Gasteiger partial charge on any atom is -0.456 e. The second-order valence-electron chi connectivity index (χ2n) is 14.0. The molecule has 0 unspecified atom stereocenters. The van der Waals surface area contributed by atoms with Gasteiger partial charge in [0.05, 0.1) is 0 Å². The molecule has 0 amide bonds. The zero-order valence-electron chi connectivity index (χ0n) is 28.8. The van der Waals surface area contributed by atoms with Crippen molar-refractivity contribution in [1.82, 2.24) is 15.0 Å². The Morgan fingerprint density at radius 1 is 0.404 bits per heavy atom. The van der Waals surface area contributed by atoms with Gasteiger partial charge in [-0.3, -0.25) is 0 Å². The van der Waals surface area contributed by atoms with Gasteiger partial charge in [-0.25, -0.2) is 15.0 Å². The molecule has 0 radical (unpaired) electrons. The molecule has 0 spiro atoms. The fourth-order valence-corrected chi connectivity index (χ4v) is 7.95. The van der Waals surface area contributed by atoms with Gasteiger partial charge in [-0.1, -0.05) is 153 Å². The van der Waals surface area contributed by atoms with Gasteiger partial charge in [0.2, 0.25) is 0 Å². The van der Waals surface area contributed by atoms with E-state index in [-0.39, 0.29) is 5.41 Å². The third kappa shape index (κ3) is 4.79. The first-order valence-electron chi connectivity index (χ1n) is 17.7. The fraction of sp³-hybridized carbons (Fsp3) is 0.0625. The van der Waals surface area contributed by atoms with Crippen molar-refractivity contribution in [3.63, 3.8) is 0 Å². The first-order valence-corrected chi connectivity index (χ1v) is 17.7. The molecule has 0 N–H and O–H groups in total. The molecule has 7 aromatic carbocycles. The van der Waals surface area contributed by atoms with Gasteiger partial charge in [-0.2, -0.15) is 0 Å². The lowest BCUT2D eigenvalue weighted by Gasteiger charge is -2.22. The van der Waals surface area contributed by atoms with E-state index in [0.29, 0.717) is 17.5 Å². The summed E-state index contributed by atoms with van der Waals surface area (Å²) in [5.74, 6) is 1.87. The molecule has 0 bridgehead atoms. The predicted molar refractivity (Wildman–Crippen MR) is 212 cm³/mol. The summed E-state index contributed by atoms with van der Waals surface area (Å²) in [6, 6.07) is 57.2. The maximum absolute atomic E-state index is 6.42. The number of benzene rings is 7. The van der Waals surface area contributed by atoms with Crippen LogP contribution in [0.25, 0.3) is 89.5 Å². The van der Waals surface area contributed by atoms with Crippen molar-refractivity contribution >= 4 is 21.9 Å². The van der Waals surface area contributed by atoms with Gasteiger partial charge >= 0.3 is 0 Å². The van der Waals surface area contributed by atoms with E-state index in [4.69, 9.17) is 19.4 Å². The molecule has 0 atom stereocenters. The second kappa shape index (κ2) is 11.7. The number of hydrogen-bond acceptors (Lipinski definition) is 4. The molecule has 4 nitrogen and oxygen atoms in total. The Balaban J connectivity index is 1.16. The Morgan fingerprint density at radius 3 is 1.69 bits per heavy atom. The lowest BCUT2D eigenvalue weighted by atomic mass is 9.81. The van der Waals surface area contributed by atoms with E-state index >= 15 is 0 Å². The lowest BCUT2D eigenvalue weighted by molar-refractivity contribution is 0.660. The zero-order valence-corrected chi connectivity index (χ0v) is 28.8. The Morgan fingerprint density at radius 2 is 0.962 bits per heavy atom. The molecule has 0 fully saturated rings. The van der Waals surface area contributed by atoms with Crippen LogP contribution in [0.1, 0.15) is 25.0 Å². The largest absolute Gasteiger partial charge is 0.456 e. The van der Waals surface area contributed by atoms with Crippen molar-refractivity contribution in [2.24, 2.45) is 0 Å². The highest BCUT2D eigenvalue weighted by atomic mass is 16.3. The highest BCUT2D eigenvalue weighted by molar-refractivity contribution is 6.15. The molecule has 0 saturated carbocycles. The maximum atomic E-state index is 6.42. The smallest absolute Gasteiger partial charge is 0.164 e. The summed E-state index contributed by atoms with van der Waals surface area (Å²) in [5, 5.41) is 2.10. The number of aromatic nitrogens is 3. The van der Waals surface area contributed by atoms with E-state index in [2.05, 4.69) is 98.8 Å². The summed E-state index contributed by atoms with van der Waals surface area (Å²) in [4.78, 5) is 15.2. The Labute approximate surface area is 302 Å². The number of para-hydroxylation sites is 1. The first kappa shape index (κ1) is 30.2. The van der Waals surface area contributed by atoms with Crippen LogP contribution in [0.4, 0.5) is 0 Å². The topological polar surface area (TPSA) is 51.8 Å². The average Bonchev–Trinajstić information content (AvgIpc) is 3.70. The van der Waals surface area contributed by atoms with Crippen molar-refractivity contribution < 1.29 is 4.42 Å². The summed E-state index contributed by atoms with van der Waals surface area (Å²) in [7, 11) is 0. The van der Waals surface area contributed by atoms with Gasteiger partial charge in [0.25, 0.3) is 0 Å². The molecule has 2 heterocycles. The van der Waals surface area contributed by atoms with Gasteiger partial charge in [0.1, 0.15) is 11.2 Å². The molecule has 0 saturated heterocycles. The normalized spacial score (nSPS) is 13.0. The molecule has 10 rings (SSSR count). The molecule has 4 heteroatoms. The Hall–Kier alpha value is -6.65. The van der Waals surface area contributed by atoms with Crippen molar-refractivity contribution in [3.05, 3.63) is 175 Å². The highest BCUT2D eigenvalue weighted by Gasteiger charge is 2.35. The minimum absolute atomic E-state index is 0.0590. The van der Waals surface area contributed by atoms with E-state index in [1.165, 1.54) is 33.4 Å². The Kier molecular flexibility index (Phi) is 6.80. The first-order chi connectivity index (χ1) is 25.5. The van der Waals surface area contributed by atoms with Crippen LogP contribution in [-0.4, -0.2) is 15.0 Å². The number of hydrogen-bond donors (Lipinski definition) is 0. The maximum Gasteiger partial charge on any atom is 0.164 e. The summed E-state index contributed by atoms with van der Waals surface area (Å²) in [6.07, 6.45) is 0. The van der Waals surface area contributed by atoms with Crippen molar-refractivity contribution in [2.45, 2.75) is 19.3 Å². The van der Waals surface area contributed by atoms with Gasteiger partial charge in [0, 0.05) is 38.4 Å². The quantitative estimate of drug-likeness (QED) is 0.183. The van der Waals surface area contributed by atoms with Crippen LogP contribution in [0.2, 0.25) is 0 Å². The SMILES string of the molecule is CC1(C)c2ccccc2-c2ccc(-c3ccc(-c4c(-c5nc(-c6ccccc6)nc(-c6ccccc6)n5)ccc5oc6ccccc6c45)cc3)cc21. The van der Waals surface area contributed by atoms with Crippen LogP contribution in [0.5, 0.6) is 0 Å². The van der Waals surface area contributed by atoms with Crippen molar-refractivity contribution in [1.29, 1.82) is 0 Å². The summed E-state index contributed by atoms with van der Waals surface area (Å²) in [6.45, 7) is 4.66. The monoisotopic (exact) mass is 667 g/mol. The lowest BCUT2D eigenvalue weighted by Crippen LogP contribution is -2.14. The standard InChI is InChI=1S/C48H33N3O/c1-48(2)39-19-11-9-17-35(39)36-26-25-34(29-40(36)48)30-21-23-31(24-22-30)43-38(27-28-42-44(43)37-18-10-12-20-41(37)52-42)47-50-45(32-13-5-3-6-14-32)49-46(51-47)33-15-7-4-8-16-33/h3-29H,1-2H3. The molecule has 52 heavy (non-hydrogen) atoms. The van der Waals surface area contributed by atoms with E-state index < -0.39 is 0 Å². The summed E-state index contributed by atoms with van der Waals surface area (Å²) < 4.78 is 6.42. The molecule has 0 aliphatic heterocycles. The minimum atomic E-state index is -0.0590. The second-order valence-corrected chi connectivity index (χ2v) is 14.0. The van der Waals surface area contributed by atoms with Crippen LogP contribution in [-0.2, 0) is 5.41 Å². The van der Waals surface area contributed by atoms with Crippen LogP contribution < -0.4 is 0 Å². The van der Waals surface area contributed by atoms with Crippen molar-refractivity contribution in [3.8, 4) is 67.5 Å². The van der Waals surface area contributed by atoms with Crippen LogP contribution in [0.15, 0.2) is 168 Å². The van der Waals surface area contributed by atoms with Crippen LogP contribution in [0.3, 0.4) is 0 Å². The average molecular weight is 668 g/mol. The molecule has 2 aromatic heterocycles. The van der Waals surface area contributed by atoms with E-state index in [1.807, 2.05) is 78.9 Å². The molecule has 246 valence electrons. The van der Waals surface area contributed by atoms with E-state index in [1.54, 1.807) is 0 Å². The number of fused-ring (bicyclic) bond motifs is 6. The fourth-order valence-electron chi connectivity index (χ4n) is 7.95. The molecule has 1 aliphatic carbocycles. The predicted octanol–water partition coefficient (Wildman–Crippen LogP) is 12.4. The number of furan rings is 1. The highest BCUT2D eigenvalue weighted by Crippen LogP contribution is 2.50. The van der Waals surface area contributed by atoms with Gasteiger partial charge in [0.15, 0.2) is 17.5 Å². The zero-order chi connectivity index (χ0) is 34.8. The number of nitrogens with zero attached hydrogens (tertiary/aromatic N) is 3. The Bertz CT molecular complexity index is 2740. The van der Waals surface area contributed by atoms with Crippen LogP contribution in [0, 0.1) is 0 Å². The molecule has 1 aliphatic rings. The molecular formula is C48H33N3O. The number of rotatable bonds is 5.